The number of hydrogen-bond donors (Lipinski definition) is 0. The molecule has 0 N–H and O–H groups in total. The zero-order chi connectivity index (χ0) is 16.9. The van der Waals surface area contributed by atoms with Gasteiger partial charge in [-0.1, -0.05) is 32.0 Å². The number of pyridine rings is 1. The number of rotatable bonds is 1. The van der Waals surface area contributed by atoms with Crippen molar-refractivity contribution in [3.63, 3.8) is 0 Å². The molecule has 0 bridgehead atoms. The maximum Gasteiger partial charge on any atom is 0.237 e. The molecule has 4 heteroatoms. The van der Waals surface area contributed by atoms with Crippen molar-refractivity contribution in [3.8, 4) is 0 Å². The number of hydrogen-bond acceptors (Lipinski definition) is 2. The number of fused-ring (bicyclic) bond motifs is 2. The Morgan fingerprint density at radius 1 is 1.12 bits per heavy atom. The quantitative estimate of drug-likeness (QED) is 0.655. The van der Waals surface area contributed by atoms with Crippen LogP contribution < -0.4 is 4.90 Å². The highest BCUT2D eigenvalue weighted by molar-refractivity contribution is 6.06. The van der Waals surface area contributed by atoms with Gasteiger partial charge in [0.1, 0.15) is 5.82 Å². The van der Waals surface area contributed by atoms with Crippen LogP contribution in [-0.2, 0) is 11.2 Å². The van der Waals surface area contributed by atoms with Gasteiger partial charge < -0.3 is 0 Å². The molecule has 1 amide bonds. The Hall–Kier alpha value is -2.75. The van der Waals surface area contributed by atoms with Gasteiger partial charge in [0.25, 0.3) is 0 Å². The summed E-state index contributed by atoms with van der Waals surface area (Å²) in [4.78, 5) is 19.2. The summed E-state index contributed by atoms with van der Waals surface area (Å²) in [6.07, 6.45) is 2.23. The Bertz CT molecular complexity index is 965. The molecule has 0 spiro atoms. The summed E-state index contributed by atoms with van der Waals surface area (Å²) < 4.78 is 13.7. The predicted octanol–water partition coefficient (Wildman–Crippen LogP) is 4.62. The molecule has 0 saturated carbocycles. The number of carbonyl (C=O) groups is 1. The molecule has 0 aliphatic carbocycles. The fourth-order valence-electron chi connectivity index (χ4n) is 3.32. The van der Waals surface area contributed by atoms with Gasteiger partial charge >= 0.3 is 0 Å². The molecule has 0 radical (unpaired) electrons. The Balaban J connectivity index is 1.93. The summed E-state index contributed by atoms with van der Waals surface area (Å²) in [5.74, 6) is -0.283. The zero-order valence-corrected chi connectivity index (χ0v) is 13.6. The predicted molar refractivity (Wildman–Crippen MR) is 92.8 cm³/mol. The molecule has 2 aromatic carbocycles. The SMILES string of the molecule is CC1(C)Cc2cc(F)ccc2N(c2cnc3ccccc3c2)C1=O. The van der Waals surface area contributed by atoms with E-state index in [2.05, 4.69) is 4.98 Å². The number of anilines is 2. The highest BCUT2D eigenvalue weighted by Gasteiger charge is 2.40. The smallest absolute Gasteiger partial charge is 0.237 e. The lowest BCUT2D eigenvalue weighted by atomic mass is 9.80. The first-order chi connectivity index (χ1) is 11.5. The van der Waals surface area contributed by atoms with E-state index in [0.29, 0.717) is 12.1 Å². The third-order valence-corrected chi connectivity index (χ3v) is 4.53. The number of halogens is 1. The van der Waals surface area contributed by atoms with Gasteiger partial charge in [0, 0.05) is 10.8 Å². The second-order valence-corrected chi connectivity index (χ2v) is 6.86. The van der Waals surface area contributed by atoms with Crippen LogP contribution in [0.1, 0.15) is 19.4 Å². The second-order valence-electron chi connectivity index (χ2n) is 6.86. The molecule has 120 valence electrons. The third-order valence-electron chi connectivity index (χ3n) is 4.53. The summed E-state index contributed by atoms with van der Waals surface area (Å²) >= 11 is 0. The van der Waals surface area contributed by atoms with Crippen molar-refractivity contribution in [2.75, 3.05) is 4.90 Å². The molecule has 0 unspecified atom stereocenters. The van der Waals surface area contributed by atoms with Crippen LogP contribution in [0.15, 0.2) is 54.7 Å². The monoisotopic (exact) mass is 320 g/mol. The van der Waals surface area contributed by atoms with E-state index < -0.39 is 5.41 Å². The van der Waals surface area contributed by atoms with E-state index >= 15 is 0 Å². The Morgan fingerprint density at radius 2 is 1.92 bits per heavy atom. The molecular weight excluding hydrogens is 303 g/mol. The van der Waals surface area contributed by atoms with Gasteiger partial charge in [-0.05, 0) is 42.3 Å². The van der Waals surface area contributed by atoms with E-state index in [4.69, 9.17) is 0 Å². The van der Waals surface area contributed by atoms with Crippen molar-refractivity contribution in [3.05, 3.63) is 66.1 Å². The lowest BCUT2D eigenvalue weighted by molar-refractivity contribution is -0.126. The maximum atomic E-state index is 13.7. The Morgan fingerprint density at radius 3 is 2.75 bits per heavy atom. The molecule has 1 aromatic heterocycles. The molecular formula is C20H17FN2O. The summed E-state index contributed by atoms with van der Waals surface area (Å²) in [5, 5.41) is 0.967. The van der Waals surface area contributed by atoms with Gasteiger partial charge in [0.15, 0.2) is 0 Å². The summed E-state index contributed by atoms with van der Waals surface area (Å²) in [5.41, 5.74) is 2.57. The lowest BCUT2D eigenvalue weighted by Gasteiger charge is -2.38. The molecule has 3 aromatic rings. The van der Waals surface area contributed by atoms with Gasteiger partial charge in [-0.25, -0.2) is 4.39 Å². The first-order valence-electron chi connectivity index (χ1n) is 7.93. The molecule has 1 aliphatic heterocycles. The highest BCUT2D eigenvalue weighted by atomic mass is 19.1. The molecule has 1 aliphatic rings. The summed E-state index contributed by atoms with van der Waals surface area (Å²) in [6, 6.07) is 14.3. The van der Waals surface area contributed by atoms with Crippen LogP contribution >= 0.6 is 0 Å². The van der Waals surface area contributed by atoms with Gasteiger partial charge in [-0.2, -0.15) is 0 Å². The first-order valence-corrected chi connectivity index (χ1v) is 7.93. The number of nitrogens with zero attached hydrogens (tertiary/aromatic N) is 2. The average molecular weight is 320 g/mol. The van der Waals surface area contributed by atoms with Crippen LogP contribution in [0.5, 0.6) is 0 Å². The number of carbonyl (C=O) groups excluding carboxylic acids is 1. The molecule has 3 nitrogen and oxygen atoms in total. The number of aromatic nitrogens is 1. The van der Waals surface area contributed by atoms with E-state index in [9.17, 15) is 9.18 Å². The molecule has 0 atom stereocenters. The minimum atomic E-state index is -0.591. The van der Waals surface area contributed by atoms with Crippen molar-refractivity contribution < 1.29 is 9.18 Å². The maximum absolute atomic E-state index is 13.7. The zero-order valence-electron chi connectivity index (χ0n) is 13.6. The number of amides is 1. The minimum absolute atomic E-state index is 0.00121. The van der Waals surface area contributed by atoms with E-state index in [1.165, 1.54) is 12.1 Å². The van der Waals surface area contributed by atoms with Crippen LogP contribution in [0.2, 0.25) is 0 Å². The normalized spacial score (nSPS) is 16.3. The van der Waals surface area contributed by atoms with Gasteiger partial charge in [-0.15, -0.1) is 0 Å². The van der Waals surface area contributed by atoms with Crippen molar-refractivity contribution in [2.45, 2.75) is 20.3 Å². The molecule has 24 heavy (non-hydrogen) atoms. The summed E-state index contributed by atoms with van der Waals surface area (Å²) in [7, 11) is 0. The fourth-order valence-corrected chi connectivity index (χ4v) is 3.32. The van der Waals surface area contributed by atoms with Crippen molar-refractivity contribution >= 4 is 28.2 Å². The fraction of sp³-hybridized carbons (Fsp3) is 0.200. The van der Waals surface area contributed by atoms with Gasteiger partial charge in [0.2, 0.25) is 5.91 Å². The van der Waals surface area contributed by atoms with Gasteiger partial charge in [0.05, 0.1) is 23.1 Å². The van der Waals surface area contributed by atoms with Crippen LogP contribution in [0.3, 0.4) is 0 Å². The molecule has 0 fully saturated rings. The van der Waals surface area contributed by atoms with Crippen LogP contribution in [-0.4, -0.2) is 10.9 Å². The lowest BCUT2D eigenvalue weighted by Crippen LogP contribution is -2.43. The average Bonchev–Trinajstić information content (AvgIpc) is 2.55. The molecule has 2 heterocycles. The molecule has 4 rings (SSSR count). The minimum Gasteiger partial charge on any atom is -0.279 e. The van der Waals surface area contributed by atoms with E-state index in [1.807, 2.05) is 44.2 Å². The van der Waals surface area contributed by atoms with E-state index in [1.54, 1.807) is 17.2 Å². The largest absolute Gasteiger partial charge is 0.279 e. The Kier molecular flexibility index (Phi) is 3.17. The first kappa shape index (κ1) is 14.8. The molecule has 0 saturated heterocycles. The van der Waals surface area contributed by atoms with E-state index in [-0.39, 0.29) is 11.7 Å². The number of benzene rings is 2. The van der Waals surface area contributed by atoms with Crippen LogP contribution in [0, 0.1) is 11.2 Å². The van der Waals surface area contributed by atoms with Gasteiger partial charge in [-0.3, -0.25) is 14.7 Å². The van der Waals surface area contributed by atoms with Crippen molar-refractivity contribution in [1.29, 1.82) is 0 Å². The standard InChI is InChI=1S/C20H17FN2O/c1-20(2)11-14-9-15(21)7-8-18(14)23(19(20)24)16-10-13-5-3-4-6-17(13)22-12-16/h3-10,12H,11H2,1-2H3. The third kappa shape index (κ3) is 2.26. The second kappa shape index (κ2) is 5.13. The van der Waals surface area contributed by atoms with Crippen LogP contribution in [0.25, 0.3) is 10.9 Å². The highest BCUT2D eigenvalue weighted by Crippen LogP contribution is 2.41. The van der Waals surface area contributed by atoms with E-state index in [0.717, 1.165) is 22.2 Å². The van der Waals surface area contributed by atoms with Crippen molar-refractivity contribution in [1.82, 2.24) is 4.98 Å². The summed E-state index contributed by atoms with van der Waals surface area (Å²) in [6.45, 7) is 3.79. The van der Waals surface area contributed by atoms with Crippen LogP contribution in [0.4, 0.5) is 15.8 Å². The topological polar surface area (TPSA) is 33.2 Å². The Labute approximate surface area is 139 Å². The van der Waals surface area contributed by atoms with Crippen molar-refractivity contribution in [2.24, 2.45) is 5.41 Å². The number of para-hydroxylation sites is 1.